The molecule has 0 unspecified atom stereocenters. The van der Waals surface area contributed by atoms with E-state index in [1.807, 2.05) is 0 Å². The topological polar surface area (TPSA) is 80.3 Å². The average Bonchev–Trinajstić information content (AvgIpc) is 2.60. The van der Waals surface area contributed by atoms with E-state index < -0.39 is 29.6 Å². The highest BCUT2D eigenvalue weighted by atomic mass is 19.4. The Kier molecular flexibility index (Phi) is 6.57. The lowest BCUT2D eigenvalue weighted by Crippen LogP contribution is -2.36. The molecular formula is C17H15F6N3O3. The number of nitrogens with zero attached hydrogens (tertiary/aromatic N) is 1. The maximum Gasteiger partial charge on any atom is 0.573 e. The third kappa shape index (κ3) is 5.98. The van der Waals surface area contributed by atoms with Crippen molar-refractivity contribution in [3.63, 3.8) is 0 Å². The van der Waals surface area contributed by atoms with Crippen LogP contribution in [0.1, 0.15) is 0 Å². The second-order valence-electron chi connectivity index (χ2n) is 5.57. The fraction of sp³-hybridized carbons (Fsp3) is 0.294. The summed E-state index contributed by atoms with van der Waals surface area (Å²) in [6.07, 6.45) is -9.06. The number of hydrogen-bond donors (Lipinski definition) is 2. The number of hydrogen-bond acceptors (Lipinski definition) is 5. The van der Waals surface area contributed by atoms with Gasteiger partial charge in [0.15, 0.2) is 0 Å². The number of halogens is 6. The van der Waals surface area contributed by atoms with E-state index in [2.05, 4.69) is 4.74 Å². The summed E-state index contributed by atoms with van der Waals surface area (Å²) in [5.74, 6) is -2.48. The number of ether oxygens (including phenoxy) is 3. The first kappa shape index (κ1) is 22.3. The zero-order chi connectivity index (χ0) is 21.8. The van der Waals surface area contributed by atoms with Gasteiger partial charge in [-0.05, 0) is 24.3 Å². The molecular weight excluding hydrogens is 408 g/mol. The van der Waals surface area contributed by atoms with Gasteiger partial charge in [-0.15, -0.1) is 13.2 Å². The van der Waals surface area contributed by atoms with Gasteiger partial charge < -0.3 is 14.2 Å². The predicted molar refractivity (Wildman–Crippen MR) is 89.0 cm³/mol. The van der Waals surface area contributed by atoms with Gasteiger partial charge in [-0.1, -0.05) is 0 Å². The minimum Gasteiger partial charge on any atom is -0.490 e. The van der Waals surface area contributed by atoms with Crippen LogP contribution in [0.2, 0.25) is 0 Å². The van der Waals surface area contributed by atoms with Crippen molar-refractivity contribution in [2.24, 2.45) is 0 Å². The summed E-state index contributed by atoms with van der Waals surface area (Å²) in [5, 5.41) is 14.8. The quantitative estimate of drug-likeness (QED) is 0.320. The molecule has 0 spiro atoms. The lowest BCUT2D eigenvalue weighted by molar-refractivity contribution is -0.274. The molecule has 158 valence electrons. The van der Waals surface area contributed by atoms with Gasteiger partial charge >= 0.3 is 12.5 Å². The molecule has 29 heavy (non-hydrogen) atoms. The molecule has 0 aliphatic rings. The summed E-state index contributed by atoms with van der Waals surface area (Å²) in [4.78, 5) is 0. The zero-order valence-corrected chi connectivity index (χ0v) is 14.8. The molecule has 0 saturated carbocycles. The highest BCUT2D eigenvalue weighted by Gasteiger charge is 2.36. The van der Waals surface area contributed by atoms with E-state index in [-0.39, 0.29) is 30.1 Å². The molecule has 0 aliphatic carbocycles. The van der Waals surface area contributed by atoms with E-state index in [0.29, 0.717) is 4.57 Å². The molecule has 0 bridgehead atoms. The van der Waals surface area contributed by atoms with Gasteiger partial charge in [0.25, 0.3) is 0 Å². The van der Waals surface area contributed by atoms with E-state index >= 15 is 0 Å². The second kappa shape index (κ2) is 8.55. The Morgan fingerprint density at radius 1 is 1.03 bits per heavy atom. The van der Waals surface area contributed by atoms with Crippen LogP contribution in [-0.4, -0.2) is 43.3 Å². The monoisotopic (exact) mass is 423 g/mol. The summed E-state index contributed by atoms with van der Waals surface area (Å²) in [7, 11) is 1.38. The molecule has 0 saturated heterocycles. The normalized spacial score (nSPS) is 12.0. The van der Waals surface area contributed by atoms with Crippen molar-refractivity contribution in [3.8, 4) is 22.6 Å². The number of nitrogens with one attached hydrogen (secondary N) is 2. The second-order valence-corrected chi connectivity index (χ2v) is 5.57. The summed E-state index contributed by atoms with van der Waals surface area (Å²) in [6, 6.07) is 5.39. The molecule has 0 fully saturated rings. The Hall–Kier alpha value is -3.02. The fourth-order valence-electron chi connectivity index (χ4n) is 2.27. The summed E-state index contributed by atoms with van der Waals surface area (Å²) < 4.78 is 90.3. The number of aromatic nitrogens is 1. The first-order valence-electron chi connectivity index (χ1n) is 7.87. The minimum atomic E-state index is -5.00. The van der Waals surface area contributed by atoms with Crippen LogP contribution in [0.25, 0.3) is 11.1 Å². The fourth-order valence-corrected chi connectivity index (χ4v) is 2.27. The van der Waals surface area contributed by atoms with Crippen LogP contribution in [-0.2, 0) is 4.74 Å². The van der Waals surface area contributed by atoms with E-state index in [9.17, 15) is 26.3 Å². The zero-order valence-electron chi connectivity index (χ0n) is 14.8. The molecule has 1 heterocycles. The standard InChI is InChI=1S/C17H15F6N3O3/c1-27-6-7-28-13-8-11(29-17(21,22)23)3-4-12(13)10-2-5-14(24)26(9-10)15(25)16(18,19)20/h2-5,8-9,24-25H,6-7H2,1H3. The number of alkyl halides is 6. The molecule has 2 aromatic rings. The number of methoxy groups -OCH3 is 1. The van der Waals surface area contributed by atoms with Crippen LogP contribution in [0.4, 0.5) is 26.3 Å². The van der Waals surface area contributed by atoms with Crippen molar-refractivity contribution in [1.29, 1.82) is 10.8 Å². The van der Waals surface area contributed by atoms with Gasteiger partial charge in [-0.3, -0.25) is 15.4 Å². The van der Waals surface area contributed by atoms with Gasteiger partial charge in [0.2, 0.25) is 5.84 Å². The van der Waals surface area contributed by atoms with Crippen molar-refractivity contribution in [2.75, 3.05) is 20.3 Å². The van der Waals surface area contributed by atoms with E-state index in [1.54, 1.807) is 0 Å². The van der Waals surface area contributed by atoms with Crippen molar-refractivity contribution in [1.82, 2.24) is 4.57 Å². The summed E-state index contributed by atoms with van der Waals surface area (Å²) in [5.41, 5.74) is -0.379. The molecule has 0 radical (unpaired) electrons. The molecule has 1 aromatic carbocycles. The van der Waals surface area contributed by atoms with Gasteiger partial charge in [0.1, 0.15) is 23.6 Å². The van der Waals surface area contributed by atoms with Crippen LogP contribution in [0.3, 0.4) is 0 Å². The van der Waals surface area contributed by atoms with Crippen LogP contribution in [0, 0.1) is 10.8 Å². The third-order valence-electron chi connectivity index (χ3n) is 3.50. The number of pyridine rings is 1. The van der Waals surface area contributed by atoms with Gasteiger partial charge in [0.05, 0.1) is 6.61 Å². The lowest BCUT2D eigenvalue weighted by Gasteiger charge is -2.17. The van der Waals surface area contributed by atoms with Crippen LogP contribution < -0.4 is 15.0 Å². The number of rotatable bonds is 6. The molecule has 0 aliphatic heterocycles. The Balaban J connectivity index is 2.52. The Bertz CT molecular complexity index is 937. The Labute approximate surface area is 160 Å². The minimum absolute atomic E-state index is 0.0477. The first-order valence-corrected chi connectivity index (χ1v) is 7.87. The molecule has 1 aromatic heterocycles. The number of benzene rings is 1. The molecule has 12 heteroatoms. The van der Waals surface area contributed by atoms with Gasteiger partial charge in [-0.25, -0.2) is 0 Å². The molecule has 2 N–H and O–H groups in total. The van der Waals surface area contributed by atoms with E-state index in [4.69, 9.17) is 20.3 Å². The Morgan fingerprint density at radius 3 is 2.31 bits per heavy atom. The van der Waals surface area contributed by atoms with Gasteiger partial charge in [-0.2, -0.15) is 13.2 Å². The van der Waals surface area contributed by atoms with Crippen molar-refractivity contribution >= 4 is 5.84 Å². The average molecular weight is 423 g/mol. The smallest absolute Gasteiger partial charge is 0.490 e. The maximum absolute atomic E-state index is 12.9. The van der Waals surface area contributed by atoms with Crippen LogP contribution in [0.5, 0.6) is 11.5 Å². The molecule has 0 atom stereocenters. The molecule has 2 rings (SSSR count). The van der Waals surface area contributed by atoms with Crippen LogP contribution in [0.15, 0.2) is 36.5 Å². The maximum atomic E-state index is 12.9. The largest absolute Gasteiger partial charge is 0.573 e. The first-order chi connectivity index (χ1) is 13.4. The van der Waals surface area contributed by atoms with E-state index in [1.165, 1.54) is 19.2 Å². The van der Waals surface area contributed by atoms with Crippen LogP contribution >= 0.6 is 0 Å². The SMILES string of the molecule is COCCOc1cc(OC(F)(F)F)ccc1-c1ccc(=N)n(C(=N)C(F)(F)F)c1. The Morgan fingerprint density at radius 2 is 1.72 bits per heavy atom. The van der Waals surface area contributed by atoms with Crippen molar-refractivity contribution in [3.05, 3.63) is 42.0 Å². The summed E-state index contributed by atoms with van der Waals surface area (Å²) in [6.45, 7) is 0.0576. The van der Waals surface area contributed by atoms with Crippen molar-refractivity contribution < 1.29 is 40.6 Å². The predicted octanol–water partition coefficient (Wildman–Crippen LogP) is 3.95. The van der Waals surface area contributed by atoms with E-state index in [0.717, 1.165) is 24.4 Å². The molecule has 6 nitrogen and oxygen atoms in total. The van der Waals surface area contributed by atoms with Crippen molar-refractivity contribution in [2.45, 2.75) is 12.5 Å². The summed E-state index contributed by atoms with van der Waals surface area (Å²) >= 11 is 0. The molecule has 0 amide bonds. The highest BCUT2D eigenvalue weighted by molar-refractivity contribution is 5.87. The third-order valence-corrected chi connectivity index (χ3v) is 3.50. The lowest BCUT2D eigenvalue weighted by atomic mass is 10.1. The highest BCUT2D eigenvalue weighted by Crippen LogP contribution is 2.35. The van der Waals surface area contributed by atoms with Gasteiger partial charge in [0, 0.05) is 30.5 Å².